The second kappa shape index (κ2) is 2.57. The normalized spacial score (nSPS) is 10.6. The highest BCUT2D eigenvalue weighted by molar-refractivity contribution is 5.22. The van der Waals surface area contributed by atoms with Crippen LogP contribution in [0.25, 0.3) is 0 Å². The number of hydrogen-bond donors (Lipinski definition) is 0. The Kier molecular flexibility index (Phi) is 2.30. The van der Waals surface area contributed by atoms with Crippen molar-refractivity contribution >= 4 is 6.72 Å². The number of rotatable bonds is 3. The molecule has 0 saturated carbocycles. The topological polar surface area (TPSA) is 15.6 Å². The number of hydrazone groups is 1. The van der Waals surface area contributed by atoms with E-state index in [-0.39, 0.29) is 0 Å². The van der Waals surface area contributed by atoms with Crippen LogP contribution in [0.4, 0.5) is 8.78 Å². The predicted molar refractivity (Wildman–Crippen MR) is 32.2 cm³/mol. The van der Waals surface area contributed by atoms with Crippen molar-refractivity contribution in [3.63, 3.8) is 0 Å². The van der Waals surface area contributed by atoms with Crippen molar-refractivity contribution in [3.05, 3.63) is 12.8 Å². The molecule has 2 nitrogen and oxygen atoms in total. The minimum Gasteiger partial charge on any atom is -0.211 e. The average molecular weight is 134 g/mol. The quantitative estimate of drug-likeness (QED) is 0.325. The van der Waals surface area contributed by atoms with Crippen LogP contribution in [-0.2, 0) is 0 Å². The zero-order chi connectivity index (χ0) is 7.49. The van der Waals surface area contributed by atoms with Gasteiger partial charge in [0, 0.05) is 19.8 Å². The van der Waals surface area contributed by atoms with Gasteiger partial charge in [-0.05, 0) is 0 Å². The second-order valence-corrected chi connectivity index (χ2v) is 1.51. The smallest absolute Gasteiger partial charge is 0.211 e. The molecule has 0 heterocycles. The van der Waals surface area contributed by atoms with Crippen molar-refractivity contribution in [2.75, 3.05) is 0 Å². The first-order valence-corrected chi connectivity index (χ1v) is 2.28. The van der Waals surface area contributed by atoms with Gasteiger partial charge in [-0.25, -0.2) is 5.01 Å². The van der Waals surface area contributed by atoms with Crippen LogP contribution in [0, 0.1) is 0 Å². The van der Waals surface area contributed by atoms with Crippen molar-refractivity contribution in [2.45, 2.75) is 13.0 Å². The first kappa shape index (κ1) is 8.07. The van der Waals surface area contributed by atoms with Gasteiger partial charge in [0.1, 0.15) is 0 Å². The fourth-order valence-corrected chi connectivity index (χ4v) is 0.342. The van der Waals surface area contributed by atoms with Gasteiger partial charge >= 0.3 is 6.05 Å². The molecule has 0 rings (SSSR count). The van der Waals surface area contributed by atoms with Crippen molar-refractivity contribution in [1.29, 1.82) is 0 Å². The molecule has 0 bridgehead atoms. The average Bonchev–Trinajstić information content (AvgIpc) is 1.65. The molecule has 0 amide bonds. The third-order valence-corrected chi connectivity index (χ3v) is 0.728. The van der Waals surface area contributed by atoms with Crippen LogP contribution >= 0.6 is 0 Å². The number of hydrogen-bond acceptors (Lipinski definition) is 2. The molecule has 0 aromatic rings. The van der Waals surface area contributed by atoms with Crippen molar-refractivity contribution in [1.82, 2.24) is 5.01 Å². The summed E-state index contributed by atoms with van der Waals surface area (Å²) in [6, 6.07) is -3.00. The zero-order valence-corrected chi connectivity index (χ0v) is 5.14. The summed E-state index contributed by atoms with van der Waals surface area (Å²) in [5, 5.41) is 3.38. The predicted octanol–water partition coefficient (Wildman–Crippen LogP) is 1.66. The van der Waals surface area contributed by atoms with Gasteiger partial charge in [-0.3, -0.25) is 0 Å². The molecule has 0 aromatic carbocycles. The highest BCUT2D eigenvalue weighted by atomic mass is 19.3. The van der Waals surface area contributed by atoms with Crippen molar-refractivity contribution in [3.8, 4) is 0 Å². The summed E-state index contributed by atoms with van der Waals surface area (Å²) in [4.78, 5) is 0. The Morgan fingerprint density at radius 1 is 1.67 bits per heavy atom. The summed E-state index contributed by atoms with van der Waals surface area (Å²) in [6.45, 7) is 6.75. The van der Waals surface area contributed by atoms with E-state index in [4.69, 9.17) is 0 Å². The van der Waals surface area contributed by atoms with Gasteiger partial charge in [0.05, 0.1) is 0 Å². The number of halogens is 2. The van der Waals surface area contributed by atoms with E-state index in [1.165, 1.54) is 0 Å². The highest BCUT2D eigenvalue weighted by Gasteiger charge is 2.26. The standard InChI is InChI=1S/C5H8F2N2/c1-4-9(8-3)5(2,6)7/h4H,1,3H2,2H3. The van der Waals surface area contributed by atoms with Crippen molar-refractivity contribution in [2.24, 2.45) is 5.10 Å². The van der Waals surface area contributed by atoms with E-state index in [1.54, 1.807) is 0 Å². The zero-order valence-electron chi connectivity index (χ0n) is 5.14. The van der Waals surface area contributed by atoms with Gasteiger partial charge in [0.15, 0.2) is 0 Å². The van der Waals surface area contributed by atoms with Gasteiger partial charge in [-0.2, -0.15) is 13.9 Å². The van der Waals surface area contributed by atoms with E-state index in [0.29, 0.717) is 11.9 Å². The molecule has 0 N–H and O–H groups in total. The van der Waals surface area contributed by atoms with Crippen LogP contribution < -0.4 is 0 Å². The van der Waals surface area contributed by atoms with Crippen LogP contribution in [0.2, 0.25) is 0 Å². The van der Waals surface area contributed by atoms with Gasteiger partial charge in [-0.1, -0.05) is 6.58 Å². The molecule has 0 aliphatic heterocycles. The van der Waals surface area contributed by atoms with Crippen LogP contribution in [0.15, 0.2) is 17.9 Å². The Hall–Kier alpha value is -0.930. The minimum atomic E-state index is -3.00. The summed E-state index contributed by atoms with van der Waals surface area (Å²) in [5.74, 6) is 0. The largest absolute Gasteiger partial charge is 0.340 e. The third-order valence-electron chi connectivity index (χ3n) is 0.728. The Bertz CT molecular complexity index is 109. The molecule has 0 unspecified atom stereocenters. The lowest BCUT2D eigenvalue weighted by Crippen LogP contribution is -2.29. The van der Waals surface area contributed by atoms with E-state index >= 15 is 0 Å². The summed E-state index contributed by atoms with van der Waals surface area (Å²) < 4.78 is 24.2. The van der Waals surface area contributed by atoms with Gasteiger partial charge in [-0.15, -0.1) is 0 Å². The Balaban J connectivity index is 4.11. The lowest BCUT2D eigenvalue weighted by molar-refractivity contribution is -0.103. The molecule has 0 aromatic heterocycles. The Labute approximate surface area is 52.5 Å². The Morgan fingerprint density at radius 2 is 2.11 bits per heavy atom. The minimum absolute atomic E-state index is 0.382. The molecule has 0 saturated heterocycles. The number of nitrogens with zero attached hydrogens (tertiary/aromatic N) is 2. The summed E-state index contributed by atoms with van der Waals surface area (Å²) in [5.41, 5.74) is 0. The molecule has 0 spiro atoms. The molecule has 0 radical (unpaired) electrons. The van der Waals surface area contributed by atoms with Crippen LogP contribution in [0.1, 0.15) is 6.92 Å². The van der Waals surface area contributed by atoms with E-state index in [0.717, 1.165) is 6.20 Å². The van der Waals surface area contributed by atoms with Crippen LogP contribution in [0.3, 0.4) is 0 Å². The molecule has 52 valence electrons. The SMILES string of the molecule is C=CN(N=C)C(C)(F)F. The van der Waals surface area contributed by atoms with Gasteiger partial charge in [0.2, 0.25) is 0 Å². The summed E-state index contributed by atoms with van der Waals surface area (Å²) in [7, 11) is 0. The van der Waals surface area contributed by atoms with E-state index in [9.17, 15) is 8.78 Å². The molecule has 0 aliphatic rings. The van der Waals surface area contributed by atoms with Crippen LogP contribution in [0.5, 0.6) is 0 Å². The fraction of sp³-hybridized carbons (Fsp3) is 0.400. The van der Waals surface area contributed by atoms with E-state index in [2.05, 4.69) is 18.4 Å². The fourth-order valence-electron chi connectivity index (χ4n) is 0.342. The first-order chi connectivity index (χ1) is 4.02. The maximum absolute atomic E-state index is 12.1. The van der Waals surface area contributed by atoms with Gasteiger partial charge in [0.25, 0.3) is 0 Å². The lowest BCUT2D eigenvalue weighted by atomic mass is 10.6. The molecule has 4 heteroatoms. The van der Waals surface area contributed by atoms with E-state index in [1.807, 2.05) is 0 Å². The number of alkyl halides is 2. The second-order valence-electron chi connectivity index (χ2n) is 1.51. The molecule has 9 heavy (non-hydrogen) atoms. The summed E-state index contributed by atoms with van der Waals surface area (Å²) >= 11 is 0. The Morgan fingerprint density at radius 3 is 2.11 bits per heavy atom. The lowest BCUT2D eigenvalue weighted by Gasteiger charge is -2.19. The van der Waals surface area contributed by atoms with E-state index < -0.39 is 6.05 Å². The molecule has 0 aliphatic carbocycles. The third kappa shape index (κ3) is 2.21. The maximum atomic E-state index is 12.1. The maximum Gasteiger partial charge on any atom is 0.340 e. The molecule has 0 atom stereocenters. The summed E-state index contributed by atoms with van der Waals surface area (Å²) in [6.07, 6.45) is 0.910. The van der Waals surface area contributed by atoms with Gasteiger partial charge < -0.3 is 0 Å². The molecular weight excluding hydrogens is 126 g/mol. The molecule has 0 fully saturated rings. The molecular formula is C5H8F2N2. The highest BCUT2D eigenvalue weighted by Crippen LogP contribution is 2.17. The van der Waals surface area contributed by atoms with Crippen molar-refractivity contribution < 1.29 is 8.78 Å². The first-order valence-electron chi connectivity index (χ1n) is 2.28. The monoisotopic (exact) mass is 134 g/mol. The van der Waals surface area contributed by atoms with Crippen LogP contribution in [-0.4, -0.2) is 17.8 Å².